The van der Waals surface area contributed by atoms with Crippen LogP contribution < -0.4 is 4.72 Å². The number of thioether (sulfide) groups is 1. The lowest BCUT2D eigenvalue weighted by Gasteiger charge is -2.21. The molecule has 100 valence electrons. The van der Waals surface area contributed by atoms with E-state index in [4.69, 9.17) is 0 Å². The summed E-state index contributed by atoms with van der Waals surface area (Å²) in [4.78, 5) is -0.268. The summed E-state index contributed by atoms with van der Waals surface area (Å²) in [5.74, 6) is 1.81. The first-order chi connectivity index (χ1) is 8.59. The Hall–Kier alpha value is -0.590. The van der Waals surface area contributed by atoms with Crippen LogP contribution in [0.25, 0.3) is 0 Å². The lowest BCUT2D eigenvalue weighted by atomic mass is 10.0. The Bertz CT molecular complexity index is 499. The molecule has 0 atom stereocenters. The summed E-state index contributed by atoms with van der Waals surface area (Å²) in [5.41, 5.74) is 0. The van der Waals surface area contributed by atoms with Crippen LogP contribution in [0.15, 0.2) is 29.2 Å². The van der Waals surface area contributed by atoms with Crippen molar-refractivity contribution in [2.45, 2.75) is 17.7 Å². The first-order valence-corrected chi connectivity index (χ1v) is 8.55. The van der Waals surface area contributed by atoms with Gasteiger partial charge in [0.25, 0.3) is 0 Å². The summed E-state index contributed by atoms with van der Waals surface area (Å²) in [6, 6.07) is 5.45. The summed E-state index contributed by atoms with van der Waals surface area (Å²) >= 11 is 1.89. The van der Waals surface area contributed by atoms with Gasteiger partial charge in [-0.1, -0.05) is 12.1 Å². The molecule has 1 heterocycles. The van der Waals surface area contributed by atoms with E-state index >= 15 is 0 Å². The van der Waals surface area contributed by atoms with Crippen molar-refractivity contribution in [2.75, 3.05) is 18.1 Å². The zero-order chi connectivity index (χ0) is 13.0. The van der Waals surface area contributed by atoms with Crippen LogP contribution in [-0.4, -0.2) is 26.5 Å². The van der Waals surface area contributed by atoms with Crippen LogP contribution in [0.4, 0.5) is 4.39 Å². The molecule has 2 rings (SSSR count). The van der Waals surface area contributed by atoms with E-state index in [-0.39, 0.29) is 4.90 Å². The van der Waals surface area contributed by atoms with Crippen molar-refractivity contribution >= 4 is 21.8 Å². The maximum Gasteiger partial charge on any atom is 0.243 e. The van der Waals surface area contributed by atoms with Gasteiger partial charge in [-0.05, 0) is 42.4 Å². The summed E-state index contributed by atoms with van der Waals surface area (Å²) in [7, 11) is -3.72. The van der Waals surface area contributed by atoms with Gasteiger partial charge in [-0.15, -0.1) is 0 Å². The number of sulfonamides is 1. The summed E-state index contributed by atoms with van der Waals surface area (Å²) in [6.07, 6.45) is 2.04. The Morgan fingerprint density at radius 1 is 1.28 bits per heavy atom. The van der Waals surface area contributed by atoms with Crippen LogP contribution in [0.5, 0.6) is 0 Å². The highest BCUT2D eigenvalue weighted by atomic mass is 32.2. The Labute approximate surface area is 111 Å². The highest BCUT2D eigenvalue weighted by molar-refractivity contribution is 7.99. The first kappa shape index (κ1) is 13.8. The second kappa shape index (κ2) is 6.04. The normalized spacial score (nSPS) is 17.8. The van der Waals surface area contributed by atoms with Gasteiger partial charge < -0.3 is 0 Å². The molecule has 0 radical (unpaired) electrons. The third kappa shape index (κ3) is 3.46. The van der Waals surface area contributed by atoms with Gasteiger partial charge >= 0.3 is 0 Å². The molecule has 1 aliphatic rings. The molecule has 1 aliphatic heterocycles. The van der Waals surface area contributed by atoms with E-state index in [9.17, 15) is 12.8 Å². The van der Waals surface area contributed by atoms with Crippen molar-refractivity contribution in [3.8, 4) is 0 Å². The van der Waals surface area contributed by atoms with Gasteiger partial charge in [0.15, 0.2) is 0 Å². The van der Waals surface area contributed by atoms with E-state index in [1.54, 1.807) is 0 Å². The molecule has 1 fully saturated rings. The van der Waals surface area contributed by atoms with Gasteiger partial charge in [-0.25, -0.2) is 17.5 Å². The predicted octanol–water partition coefficient (Wildman–Crippen LogP) is 2.25. The fourth-order valence-electron chi connectivity index (χ4n) is 1.92. The predicted molar refractivity (Wildman–Crippen MR) is 71.6 cm³/mol. The van der Waals surface area contributed by atoms with Gasteiger partial charge in [0.1, 0.15) is 10.7 Å². The Balaban J connectivity index is 2.01. The summed E-state index contributed by atoms with van der Waals surface area (Å²) in [6.45, 7) is 0.400. The molecule has 1 aromatic rings. The van der Waals surface area contributed by atoms with Crippen LogP contribution in [0.1, 0.15) is 12.8 Å². The zero-order valence-electron chi connectivity index (χ0n) is 9.93. The van der Waals surface area contributed by atoms with Gasteiger partial charge in [0, 0.05) is 6.54 Å². The van der Waals surface area contributed by atoms with Crippen LogP contribution in [0.3, 0.4) is 0 Å². The highest BCUT2D eigenvalue weighted by Crippen LogP contribution is 2.22. The molecule has 18 heavy (non-hydrogen) atoms. The van der Waals surface area contributed by atoms with E-state index in [1.165, 1.54) is 18.2 Å². The van der Waals surface area contributed by atoms with Crippen LogP contribution >= 0.6 is 11.8 Å². The quantitative estimate of drug-likeness (QED) is 0.924. The lowest BCUT2D eigenvalue weighted by Crippen LogP contribution is -2.31. The van der Waals surface area contributed by atoms with Crippen molar-refractivity contribution in [3.05, 3.63) is 30.1 Å². The molecular weight excluding hydrogens is 273 g/mol. The minimum absolute atomic E-state index is 0.268. The Morgan fingerprint density at radius 2 is 1.94 bits per heavy atom. The fourth-order valence-corrected chi connectivity index (χ4v) is 4.32. The summed E-state index contributed by atoms with van der Waals surface area (Å²) < 4.78 is 39.8. The standard InChI is InChI=1S/C12H16FNO2S2/c13-11-3-1-2-4-12(11)18(15,16)14-9-10-5-7-17-8-6-10/h1-4,10,14H,5-9H2. The fraction of sp³-hybridized carbons (Fsp3) is 0.500. The van der Waals surface area contributed by atoms with E-state index in [0.29, 0.717) is 12.5 Å². The smallest absolute Gasteiger partial charge is 0.211 e. The lowest BCUT2D eigenvalue weighted by molar-refractivity contribution is 0.475. The third-order valence-electron chi connectivity index (χ3n) is 3.03. The topological polar surface area (TPSA) is 46.2 Å². The zero-order valence-corrected chi connectivity index (χ0v) is 11.6. The molecule has 1 N–H and O–H groups in total. The molecule has 0 aliphatic carbocycles. The average Bonchev–Trinajstić information content (AvgIpc) is 2.38. The number of halogens is 1. The summed E-state index contributed by atoms with van der Waals surface area (Å²) in [5, 5.41) is 0. The maximum absolute atomic E-state index is 13.4. The number of hydrogen-bond acceptors (Lipinski definition) is 3. The number of hydrogen-bond donors (Lipinski definition) is 1. The van der Waals surface area contributed by atoms with Crippen molar-refractivity contribution in [1.82, 2.24) is 4.72 Å². The van der Waals surface area contributed by atoms with E-state index in [0.717, 1.165) is 30.4 Å². The second-order valence-corrected chi connectivity index (χ2v) is 7.30. The third-order valence-corrected chi connectivity index (χ3v) is 5.53. The van der Waals surface area contributed by atoms with Crippen molar-refractivity contribution < 1.29 is 12.8 Å². The van der Waals surface area contributed by atoms with E-state index in [2.05, 4.69) is 4.72 Å². The molecular formula is C12H16FNO2S2. The van der Waals surface area contributed by atoms with Gasteiger partial charge in [0.05, 0.1) is 0 Å². The monoisotopic (exact) mass is 289 g/mol. The van der Waals surface area contributed by atoms with Crippen LogP contribution in [-0.2, 0) is 10.0 Å². The van der Waals surface area contributed by atoms with Crippen molar-refractivity contribution in [2.24, 2.45) is 5.92 Å². The average molecular weight is 289 g/mol. The minimum atomic E-state index is -3.72. The number of benzene rings is 1. The highest BCUT2D eigenvalue weighted by Gasteiger charge is 2.21. The molecule has 6 heteroatoms. The van der Waals surface area contributed by atoms with Gasteiger partial charge in [0.2, 0.25) is 10.0 Å². The molecule has 0 bridgehead atoms. The Kier molecular flexibility index (Phi) is 4.64. The van der Waals surface area contributed by atoms with Crippen molar-refractivity contribution in [3.63, 3.8) is 0 Å². The van der Waals surface area contributed by atoms with E-state index in [1.807, 2.05) is 11.8 Å². The number of rotatable bonds is 4. The minimum Gasteiger partial charge on any atom is -0.211 e. The molecule has 0 saturated carbocycles. The molecule has 1 saturated heterocycles. The molecule has 0 unspecified atom stereocenters. The maximum atomic E-state index is 13.4. The molecule has 0 spiro atoms. The Morgan fingerprint density at radius 3 is 2.61 bits per heavy atom. The number of nitrogens with one attached hydrogen (secondary N) is 1. The molecule has 3 nitrogen and oxygen atoms in total. The SMILES string of the molecule is O=S(=O)(NCC1CCSCC1)c1ccccc1F. The second-order valence-electron chi connectivity index (χ2n) is 4.34. The van der Waals surface area contributed by atoms with Gasteiger partial charge in [-0.2, -0.15) is 11.8 Å². The van der Waals surface area contributed by atoms with Gasteiger partial charge in [-0.3, -0.25) is 0 Å². The first-order valence-electron chi connectivity index (χ1n) is 5.91. The molecule has 0 amide bonds. The van der Waals surface area contributed by atoms with Crippen LogP contribution in [0, 0.1) is 11.7 Å². The molecule has 1 aromatic carbocycles. The van der Waals surface area contributed by atoms with E-state index < -0.39 is 15.8 Å². The molecule has 0 aromatic heterocycles. The largest absolute Gasteiger partial charge is 0.243 e. The van der Waals surface area contributed by atoms with Crippen LogP contribution in [0.2, 0.25) is 0 Å². The van der Waals surface area contributed by atoms with Crippen molar-refractivity contribution in [1.29, 1.82) is 0 Å².